The second-order valence-corrected chi connectivity index (χ2v) is 6.71. The summed E-state index contributed by atoms with van der Waals surface area (Å²) in [5.41, 5.74) is 1.87. The van der Waals surface area contributed by atoms with Crippen molar-refractivity contribution in [3.05, 3.63) is 71.4 Å². The lowest BCUT2D eigenvalue weighted by Gasteiger charge is -2.07. The molecule has 3 aromatic rings. The number of nitrogens with zero attached hydrogens (tertiary/aromatic N) is 2. The van der Waals surface area contributed by atoms with E-state index in [0.717, 1.165) is 11.3 Å². The van der Waals surface area contributed by atoms with Gasteiger partial charge in [-0.05, 0) is 30.3 Å². The fourth-order valence-corrected chi connectivity index (χ4v) is 2.22. The molecule has 26 heavy (non-hydrogen) atoms. The van der Waals surface area contributed by atoms with E-state index in [4.69, 9.17) is 11.6 Å². The third-order valence-electron chi connectivity index (χ3n) is 3.09. The minimum absolute atomic E-state index is 0.246. The molecule has 3 rings (SSSR count). The van der Waals surface area contributed by atoms with Gasteiger partial charge in [0.25, 0.3) is 16.6 Å². The zero-order valence-corrected chi connectivity index (χ0v) is 14.8. The normalized spacial score (nSPS) is 11.2. The zero-order valence-electron chi connectivity index (χ0n) is 13.3. The molecule has 0 saturated carbocycles. The maximum absolute atomic E-state index is 13.0. The molecule has 0 atom stereocenters. The first-order valence-corrected chi connectivity index (χ1v) is 9.14. The van der Waals surface area contributed by atoms with Crippen molar-refractivity contribution in [1.29, 1.82) is 0 Å². The predicted octanol–water partition coefficient (Wildman–Crippen LogP) is 3.28. The van der Waals surface area contributed by atoms with E-state index in [1.54, 1.807) is 24.3 Å². The number of alkyl halides is 2. The molecule has 0 saturated heterocycles. The Labute approximate surface area is 154 Å². The highest BCUT2D eigenvalue weighted by atomic mass is 35.5. The quantitative estimate of drug-likeness (QED) is 0.704. The molecule has 1 heterocycles. The van der Waals surface area contributed by atoms with Gasteiger partial charge in [0.05, 0.1) is 11.4 Å². The van der Waals surface area contributed by atoms with E-state index in [9.17, 15) is 17.2 Å². The third kappa shape index (κ3) is 5.88. The summed E-state index contributed by atoms with van der Waals surface area (Å²) in [6.07, 6.45) is -2.61. The molecule has 138 valence electrons. The molecule has 0 aliphatic rings. The Kier molecular flexibility index (Phi) is 6.43. The number of para-hydroxylation sites is 1. The zero-order chi connectivity index (χ0) is 19.3. The first kappa shape index (κ1) is 20.0. The van der Waals surface area contributed by atoms with Crippen LogP contribution in [0.25, 0.3) is 16.9 Å². The van der Waals surface area contributed by atoms with Crippen molar-refractivity contribution in [3.8, 4) is 16.9 Å². The number of benzene rings is 2. The Balaban J connectivity index is 0.000000431. The van der Waals surface area contributed by atoms with Crippen LogP contribution in [0.2, 0.25) is 5.02 Å². The largest absolute Gasteiger partial charge is 0.282 e. The molecule has 0 amide bonds. The summed E-state index contributed by atoms with van der Waals surface area (Å²) < 4.78 is 45.8. The van der Waals surface area contributed by atoms with E-state index in [-0.39, 0.29) is 5.69 Å². The van der Waals surface area contributed by atoms with E-state index in [1.165, 1.54) is 10.7 Å². The van der Waals surface area contributed by atoms with Crippen LogP contribution < -0.4 is 10.3 Å². The lowest BCUT2D eigenvalue weighted by atomic mass is 10.1. The van der Waals surface area contributed by atoms with Gasteiger partial charge in [-0.1, -0.05) is 41.9 Å². The Morgan fingerprint density at radius 2 is 1.54 bits per heavy atom. The summed E-state index contributed by atoms with van der Waals surface area (Å²) in [5.74, 6) is 0. The Morgan fingerprint density at radius 1 is 1.00 bits per heavy atom. The summed E-state index contributed by atoms with van der Waals surface area (Å²) in [5, 5.41) is 12.8. The molecule has 0 aliphatic heterocycles. The van der Waals surface area contributed by atoms with E-state index in [0.29, 0.717) is 10.7 Å². The van der Waals surface area contributed by atoms with Crippen molar-refractivity contribution in [1.82, 2.24) is 9.78 Å². The van der Waals surface area contributed by atoms with Gasteiger partial charge in [-0.3, -0.25) is 0 Å². The van der Waals surface area contributed by atoms with Gasteiger partial charge >= 0.3 is 0 Å². The van der Waals surface area contributed by atoms with E-state index >= 15 is 0 Å². The van der Waals surface area contributed by atoms with Crippen molar-refractivity contribution >= 4 is 21.8 Å². The van der Waals surface area contributed by atoms with E-state index < -0.39 is 16.6 Å². The lowest BCUT2D eigenvalue weighted by Crippen LogP contribution is -2.21. The number of hydrogen-bond donors (Lipinski definition) is 2. The number of rotatable bonds is 3. The van der Waals surface area contributed by atoms with Crippen molar-refractivity contribution in [2.45, 2.75) is 6.43 Å². The standard InChI is InChI=1S/C16H11ClF2N2.H4N2O2S/c17-12-8-6-11(7-9-12)15-10-14(16(18)19)20-21(15)13-4-2-1-3-5-13;1-5(2,3)4/h1-10,16H;(H4,1,2,3,4). The van der Waals surface area contributed by atoms with Crippen molar-refractivity contribution < 1.29 is 17.2 Å². The van der Waals surface area contributed by atoms with Crippen molar-refractivity contribution in [3.63, 3.8) is 0 Å². The van der Waals surface area contributed by atoms with Gasteiger partial charge in [0.2, 0.25) is 0 Å². The first-order valence-electron chi connectivity index (χ1n) is 7.15. The fourth-order valence-electron chi connectivity index (χ4n) is 2.10. The molecule has 0 spiro atoms. The number of hydrogen-bond acceptors (Lipinski definition) is 3. The summed E-state index contributed by atoms with van der Waals surface area (Å²) in [6, 6.07) is 17.6. The molecule has 4 N–H and O–H groups in total. The highest BCUT2D eigenvalue weighted by Crippen LogP contribution is 2.28. The molecule has 0 unspecified atom stereocenters. The van der Waals surface area contributed by atoms with Crippen LogP contribution in [-0.4, -0.2) is 18.2 Å². The summed E-state index contributed by atoms with van der Waals surface area (Å²) in [4.78, 5) is 0. The molecule has 0 radical (unpaired) electrons. The Hall–Kier alpha value is -2.33. The summed E-state index contributed by atoms with van der Waals surface area (Å²) >= 11 is 5.87. The lowest BCUT2D eigenvalue weighted by molar-refractivity contribution is 0.145. The predicted molar refractivity (Wildman–Crippen MR) is 96.3 cm³/mol. The summed E-state index contributed by atoms with van der Waals surface area (Å²) in [6.45, 7) is 0. The van der Waals surface area contributed by atoms with Gasteiger partial charge in [-0.15, -0.1) is 0 Å². The maximum Gasteiger partial charge on any atom is 0.282 e. The van der Waals surface area contributed by atoms with E-state index in [1.807, 2.05) is 30.3 Å². The van der Waals surface area contributed by atoms with Crippen LogP contribution in [-0.2, 0) is 10.2 Å². The molecule has 2 aromatic carbocycles. The minimum Gasteiger partial charge on any atom is -0.233 e. The highest BCUT2D eigenvalue weighted by Gasteiger charge is 2.17. The molecule has 0 fully saturated rings. The van der Waals surface area contributed by atoms with Crippen LogP contribution in [0.5, 0.6) is 0 Å². The van der Waals surface area contributed by atoms with Crippen LogP contribution in [0.4, 0.5) is 8.78 Å². The number of aromatic nitrogens is 2. The number of halogens is 3. The van der Waals surface area contributed by atoms with Gasteiger partial charge in [0.1, 0.15) is 5.69 Å². The van der Waals surface area contributed by atoms with Crippen LogP contribution in [0.15, 0.2) is 60.7 Å². The van der Waals surface area contributed by atoms with Gasteiger partial charge < -0.3 is 0 Å². The topological polar surface area (TPSA) is 104 Å². The average molecular weight is 401 g/mol. The van der Waals surface area contributed by atoms with Crippen LogP contribution in [0, 0.1) is 0 Å². The molecule has 10 heteroatoms. The Bertz CT molecular complexity index is 954. The van der Waals surface area contributed by atoms with Gasteiger partial charge in [0.15, 0.2) is 0 Å². The van der Waals surface area contributed by atoms with Gasteiger partial charge in [-0.2, -0.15) is 13.5 Å². The fraction of sp³-hybridized carbons (Fsp3) is 0.0625. The van der Waals surface area contributed by atoms with Gasteiger partial charge in [-0.25, -0.2) is 23.7 Å². The summed E-state index contributed by atoms with van der Waals surface area (Å²) in [7, 11) is -3.67. The van der Waals surface area contributed by atoms with Crippen LogP contribution >= 0.6 is 11.6 Å². The third-order valence-corrected chi connectivity index (χ3v) is 3.34. The minimum atomic E-state index is -3.67. The molecule has 6 nitrogen and oxygen atoms in total. The molecule has 0 aliphatic carbocycles. The smallest absolute Gasteiger partial charge is 0.233 e. The van der Waals surface area contributed by atoms with Crippen molar-refractivity contribution in [2.75, 3.05) is 0 Å². The second-order valence-electron chi connectivity index (χ2n) is 5.10. The highest BCUT2D eigenvalue weighted by molar-refractivity contribution is 7.86. The van der Waals surface area contributed by atoms with Crippen LogP contribution in [0.1, 0.15) is 12.1 Å². The molecule has 0 bridgehead atoms. The second kappa shape index (κ2) is 8.37. The average Bonchev–Trinajstić information content (AvgIpc) is 3.00. The maximum atomic E-state index is 13.0. The Morgan fingerprint density at radius 3 is 2.04 bits per heavy atom. The van der Waals surface area contributed by atoms with Gasteiger partial charge in [0, 0.05) is 10.6 Å². The van der Waals surface area contributed by atoms with Crippen LogP contribution in [0.3, 0.4) is 0 Å². The first-order chi connectivity index (χ1) is 12.1. The number of nitrogens with two attached hydrogens (primary N) is 2. The molecular formula is C16H15ClF2N4O2S. The van der Waals surface area contributed by atoms with E-state index in [2.05, 4.69) is 15.4 Å². The van der Waals surface area contributed by atoms with Crippen molar-refractivity contribution in [2.24, 2.45) is 10.3 Å². The SMILES string of the molecule is FC(F)c1cc(-c2ccc(Cl)cc2)n(-c2ccccc2)n1.NS(N)(=O)=O. The monoisotopic (exact) mass is 400 g/mol. The molecule has 1 aromatic heterocycles. The molecular weight excluding hydrogens is 386 g/mol.